The number of anilines is 1. The Hall–Kier alpha value is -1.99. The predicted molar refractivity (Wildman–Crippen MR) is 58.8 cm³/mol. The van der Waals surface area contributed by atoms with E-state index in [4.69, 9.17) is 11.6 Å². The number of aromatic amines is 1. The topological polar surface area (TPSA) is 119 Å². The zero-order chi connectivity index (χ0) is 11.4. The number of pyridine rings is 1. The highest BCUT2D eigenvalue weighted by atomic mass is 15.3. The van der Waals surface area contributed by atoms with Gasteiger partial charge in [-0.2, -0.15) is 15.4 Å². The number of H-pyrrole nitrogens is 1. The molecule has 1 unspecified atom stereocenters. The van der Waals surface area contributed by atoms with E-state index in [9.17, 15) is 0 Å². The van der Waals surface area contributed by atoms with Crippen LogP contribution >= 0.6 is 0 Å². The summed E-state index contributed by atoms with van der Waals surface area (Å²) in [5.74, 6) is 5.97. The molecule has 0 radical (unpaired) electrons. The second-order valence-corrected chi connectivity index (χ2v) is 3.41. The monoisotopic (exact) mass is 219 g/mol. The molecule has 1 atom stereocenters. The van der Waals surface area contributed by atoms with Gasteiger partial charge in [-0.3, -0.25) is 11.3 Å². The molecule has 0 bridgehead atoms. The van der Waals surface area contributed by atoms with Crippen LogP contribution in [0, 0.1) is 0 Å². The van der Waals surface area contributed by atoms with Gasteiger partial charge in [0.1, 0.15) is 11.5 Å². The van der Waals surface area contributed by atoms with Crippen LogP contribution in [0.15, 0.2) is 24.5 Å². The Kier molecular flexibility index (Phi) is 3.08. The molecule has 6 N–H and O–H groups in total. The summed E-state index contributed by atoms with van der Waals surface area (Å²) in [5.41, 5.74) is 10.1. The standard InChI is InChI=1S/C9H13N7/c10-9-4-6(1-2-12-9)3-7(14-11)8-5-13-16-15-8/h1-2,4-5,7,14H,3,11H2,(H2,10,12)(H,13,15,16). The quantitative estimate of drug-likeness (QED) is 0.407. The van der Waals surface area contributed by atoms with Crippen molar-refractivity contribution >= 4 is 5.82 Å². The first kappa shape index (κ1) is 10.5. The van der Waals surface area contributed by atoms with Crippen molar-refractivity contribution in [2.45, 2.75) is 12.5 Å². The lowest BCUT2D eigenvalue weighted by Crippen LogP contribution is -2.29. The molecule has 7 nitrogen and oxygen atoms in total. The Morgan fingerprint density at radius 1 is 1.50 bits per heavy atom. The predicted octanol–water partition coefficient (Wildman–Crippen LogP) is -0.471. The van der Waals surface area contributed by atoms with E-state index in [1.807, 2.05) is 12.1 Å². The highest BCUT2D eigenvalue weighted by Gasteiger charge is 2.13. The number of hydrogen-bond donors (Lipinski definition) is 4. The van der Waals surface area contributed by atoms with Crippen LogP contribution in [0.2, 0.25) is 0 Å². The van der Waals surface area contributed by atoms with Gasteiger partial charge in [-0.25, -0.2) is 4.98 Å². The lowest BCUT2D eigenvalue weighted by Gasteiger charge is -2.12. The lowest BCUT2D eigenvalue weighted by molar-refractivity contribution is 0.537. The first-order valence-electron chi connectivity index (χ1n) is 4.82. The molecule has 0 aliphatic heterocycles. The Labute approximate surface area is 92.2 Å². The molecule has 0 fully saturated rings. The van der Waals surface area contributed by atoms with Crippen LogP contribution in [0.1, 0.15) is 17.3 Å². The molecular formula is C9H13N7. The molecule has 2 rings (SSSR count). The van der Waals surface area contributed by atoms with Crippen LogP contribution in [0.25, 0.3) is 0 Å². The third-order valence-electron chi connectivity index (χ3n) is 2.28. The van der Waals surface area contributed by atoms with E-state index >= 15 is 0 Å². The average Bonchev–Trinajstić information content (AvgIpc) is 2.79. The van der Waals surface area contributed by atoms with Crippen LogP contribution in [-0.4, -0.2) is 20.4 Å². The fourth-order valence-electron chi connectivity index (χ4n) is 1.48. The van der Waals surface area contributed by atoms with Gasteiger partial charge in [-0.1, -0.05) is 0 Å². The molecule has 0 aromatic carbocycles. The van der Waals surface area contributed by atoms with Gasteiger partial charge in [0, 0.05) is 6.20 Å². The minimum atomic E-state index is -0.0967. The molecule has 2 aromatic rings. The van der Waals surface area contributed by atoms with E-state index in [-0.39, 0.29) is 6.04 Å². The van der Waals surface area contributed by atoms with E-state index < -0.39 is 0 Å². The van der Waals surface area contributed by atoms with Crippen molar-refractivity contribution < 1.29 is 0 Å². The van der Waals surface area contributed by atoms with Crippen molar-refractivity contribution in [2.24, 2.45) is 5.84 Å². The summed E-state index contributed by atoms with van der Waals surface area (Å²) in [6.45, 7) is 0. The molecule has 2 heterocycles. The zero-order valence-electron chi connectivity index (χ0n) is 8.59. The molecule has 0 aliphatic rings. The second-order valence-electron chi connectivity index (χ2n) is 3.41. The Morgan fingerprint density at radius 3 is 3.00 bits per heavy atom. The summed E-state index contributed by atoms with van der Waals surface area (Å²) < 4.78 is 0. The Morgan fingerprint density at radius 2 is 2.38 bits per heavy atom. The Bertz CT molecular complexity index is 439. The van der Waals surface area contributed by atoms with Gasteiger partial charge >= 0.3 is 0 Å². The summed E-state index contributed by atoms with van der Waals surface area (Å²) in [7, 11) is 0. The van der Waals surface area contributed by atoms with Gasteiger partial charge < -0.3 is 5.73 Å². The Balaban J connectivity index is 2.13. The number of nitrogens with one attached hydrogen (secondary N) is 2. The summed E-state index contributed by atoms with van der Waals surface area (Å²) in [6, 6.07) is 3.60. The smallest absolute Gasteiger partial charge is 0.123 e. The van der Waals surface area contributed by atoms with Crippen molar-refractivity contribution in [1.29, 1.82) is 0 Å². The van der Waals surface area contributed by atoms with Gasteiger partial charge in [-0.05, 0) is 24.1 Å². The van der Waals surface area contributed by atoms with Crippen molar-refractivity contribution in [3.05, 3.63) is 35.8 Å². The van der Waals surface area contributed by atoms with Crippen molar-refractivity contribution in [1.82, 2.24) is 25.8 Å². The van der Waals surface area contributed by atoms with Crippen molar-refractivity contribution in [3.63, 3.8) is 0 Å². The van der Waals surface area contributed by atoms with Crippen LogP contribution in [0.5, 0.6) is 0 Å². The van der Waals surface area contributed by atoms with Gasteiger partial charge in [0.2, 0.25) is 0 Å². The largest absolute Gasteiger partial charge is 0.384 e. The second kappa shape index (κ2) is 4.69. The third-order valence-corrected chi connectivity index (χ3v) is 2.28. The average molecular weight is 219 g/mol. The molecule has 0 aliphatic carbocycles. The molecule has 16 heavy (non-hydrogen) atoms. The maximum Gasteiger partial charge on any atom is 0.123 e. The molecule has 7 heteroatoms. The third kappa shape index (κ3) is 2.33. The number of nitrogen functional groups attached to an aromatic ring is 1. The number of nitrogens with zero attached hydrogens (tertiary/aromatic N) is 3. The van der Waals surface area contributed by atoms with E-state index in [0.717, 1.165) is 11.3 Å². The molecule has 84 valence electrons. The number of hydrogen-bond acceptors (Lipinski definition) is 6. The number of nitrogens with two attached hydrogens (primary N) is 2. The first-order chi connectivity index (χ1) is 7.79. The number of rotatable bonds is 4. The normalized spacial score (nSPS) is 12.6. The summed E-state index contributed by atoms with van der Waals surface area (Å²) >= 11 is 0. The summed E-state index contributed by atoms with van der Waals surface area (Å²) in [4.78, 5) is 3.93. The summed E-state index contributed by atoms with van der Waals surface area (Å²) in [5, 5.41) is 10.3. The lowest BCUT2D eigenvalue weighted by atomic mass is 10.1. The van der Waals surface area contributed by atoms with Crippen LogP contribution in [0.4, 0.5) is 5.82 Å². The molecule has 0 saturated carbocycles. The van der Waals surface area contributed by atoms with Crippen LogP contribution < -0.4 is 17.0 Å². The molecule has 2 aromatic heterocycles. The zero-order valence-corrected chi connectivity index (χ0v) is 8.59. The van der Waals surface area contributed by atoms with Crippen LogP contribution in [0.3, 0.4) is 0 Å². The van der Waals surface area contributed by atoms with Crippen LogP contribution in [-0.2, 0) is 6.42 Å². The van der Waals surface area contributed by atoms with E-state index in [2.05, 4.69) is 25.8 Å². The molecule has 0 spiro atoms. The maximum atomic E-state index is 5.60. The van der Waals surface area contributed by atoms with Gasteiger partial charge in [0.05, 0.1) is 12.2 Å². The highest BCUT2D eigenvalue weighted by molar-refractivity contribution is 5.32. The molecular weight excluding hydrogens is 206 g/mol. The van der Waals surface area contributed by atoms with E-state index in [1.54, 1.807) is 12.4 Å². The highest BCUT2D eigenvalue weighted by Crippen LogP contribution is 2.15. The minimum absolute atomic E-state index is 0.0967. The van der Waals surface area contributed by atoms with Crippen molar-refractivity contribution in [2.75, 3.05) is 5.73 Å². The minimum Gasteiger partial charge on any atom is -0.384 e. The maximum absolute atomic E-state index is 5.60. The van der Waals surface area contributed by atoms with E-state index in [0.29, 0.717) is 12.2 Å². The van der Waals surface area contributed by atoms with Gasteiger partial charge in [-0.15, -0.1) is 0 Å². The fourth-order valence-corrected chi connectivity index (χ4v) is 1.48. The first-order valence-corrected chi connectivity index (χ1v) is 4.82. The molecule has 0 amide bonds. The number of hydrazine groups is 1. The number of aromatic nitrogens is 4. The summed E-state index contributed by atoms with van der Waals surface area (Å²) in [6.07, 6.45) is 3.98. The SMILES string of the molecule is NNC(Cc1ccnc(N)c1)c1cn[nH]n1. The van der Waals surface area contributed by atoms with Gasteiger partial charge in [0.25, 0.3) is 0 Å². The van der Waals surface area contributed by atoms with Gasteiger partial charge in [0.15, 0.2) is 0 Å². The molecule has 0 saturated heterocycles. The van der Waals surface area contributed by atoms with E-state index in [1.165, 1.54) is 0 Å². The van der Waals surface area contributed by atoms with Crippen molar-refractivity contribution in [3.8, 4) is 0 Å². The fraction of sp³-hybridized carbons (Fsp3) is 0.222.